The van der Waals surface area contributed by atoms with Gasteiger partial charge >= 0.3 is 0 Å². The van der Waals surface area contributed by atoms with E-state index in [0.29, 0.717) is 19.6 Å². The number of aliphatic hydroxyl groups is 1. The maximum Gasteiger partial charge on any atom is 0.234 e. The highest BCUT2D eigenvalue weighted by Gasteiger charge is 2.12. The second-order valence-corrected chi connectivity index (χ2v) is 7.65. The zero-order valence-electron chi connectivity index (χ0n) is 17.5. The Hall–Kier alpha value is -0.910. The van der Waals surface area contributed by atoms with Gasteiger partial charge in [-0.05, 0) is 32.1 Å². The summed E-state index contributed by atoms with van der Waals surface area (Å²) in [6, 6.07) is 0. The Morgan fingerprint density at radius 1 is 1.04 bits per heavy atom. The molecule has 1 heterocycles. The van der Waals surface area contributed by atoms with Crippen molar-refractivity contribution in [1.29, 1.82) is 0 Å². The average molecular weight is 383 g/mol. The van der Waals surface area contributed by atoms with Crippen molar-refractivity contribution >= 4 is 5.91 Å². The van der Waals surface area contributed by atoms with Crippen molar-refractivity contribution in [3.63, 3.8) is 0 Å². The minimum absolute atomic E-state index is 0.132. The topological polar surface area (TPSA) is 61.8 Å². The van der Waals surface area contributed by atoms with Crippen LogP contribution in [0, 0.1) is 0 Å². The Bertz CT molecular complexity index is 382. The molecule has 1 rings (SSSR count). The number of hydrogen-bond donors (Lipinski definition) is 2. The van der Waals surface area contributed by atoms with Gasteiger partial charge in [0, 0.05) is 19.5 Å². The highest BCUT2D eigenvalue weighted by atomic mass is 16.5. The Morgan fingerprint density at radius 2 is 1.74 bits per heavy atom. The molecule has 0 saturated carbocycles. The van der Waals surface area contributed by atoms with Crippen LogP contribution >= 0.6 is 0 Å². The lowest BCUT2D eigenvalue weighted by Crippen LogP contribution is -2.48. The summed E-state index contributed by atoms with van der Waals surface area (Å²) in [6.45, 7) is 5.19. The van der Waals surface area contributed by atoms with Gasteiger partial charge in [-0.2, -0.15) is 0 Å². The van der Waals surface area contributed by atoms with Crippen LogP contribution in [0.1, 0.15) is 90.4 Å². The first-order chi connectivity index (χ1) is 13.2. The standard InChI is InChI=1S/C22H42N2O3/c1-2-3-4-11-14-21(25)15-12-9-7-5-6-8-10-13-16-22(26)23-24-17-19-27-20-18-24/h9,12,21,25H,2-8,10-11,13-20H2,1H3,(H,23,26)/b12-9-/t21-/m1/s1. The van der Waals surface area contributed by atoms with Gasteiger partial charge in [-0.15, -0.1) is 0 Å². The largest absolute Gasteiger partial charge is 0.393 e. The number of carbonyl (C=O) groups is 1. The van der Waals surface area contributed by atoms with Gasteiger partial charge in [0.15, 0.2) is 0 Å². The van der Waals surface area contributed by atoms with Crippen molar-refractivity contribution in [2.24, 2.45) is 0 Å². The average Bonchev–Trinajstić information content (AvgIpc) is 2.67. The fourth-order valence-electron chi connectivity index (χ4n) is 3.28. The molecule has 1 aliphatic rings. The molecule has 0 unspecified atom stereocenters. The fourth-order valence-corrected chi connectivity index (χ4v) is 3.28. The maximum absolute atomic E-state index is 11.8. The molecule has 0 radical (unpaired) electrons. The summed E-state index contributed by atoms with van der Waals surface area (Å²) < 4.78 is 5.27. The molecule has 5 heteroatoms. The van der Waals surface area contributed by atoms with Gasteiger partial charge in [0.05, 0.1) is 19.3 Å². The first kappa shape index (κ1) is 24.1. The summed E-state index contributed by atoms with van der Waals surface area (Å²) in [5, 5.41) is 11.9. The summed E-state index contributed by atoms with van der Waals surface area (Å²) in [6.07, 6.45) is 18.2. The van der Waals surface area contributed by atoms with Crippen LogP contribution in [-0.2, 0) is 9.53 Å². The molecule has 0 aromatic rings. The molecule has 0 spiro atoms. The number of aliphatic hydroxyl groups excluding tert-OH is 1. The van der Waals surface area contributed by atoms with Gasteiger partial charge in [-0.25, -0.2) is 5.01 Å². The molecule has 1 amide bonds. The fraction of sp³-hybridized carbons (Fsp3) is 0.864. The minimum atomic E-state index is -0.165. The highest BCUT2D eigenvalue weighted by Crippen LogP contribution is 2.10. The van der Waals surface area contributed by atoms with Crippen molar-refractivity contribution in [2.75, 3.05) is 26.3 Å². The number of nitrogens with zero attached hydrogens (tertiary/aromatic N) is 1. The Balaban J connectivity index is 1.84. The van der Waals surface area contributed by atoms with Crippen LogP contribution in [0.25, 0.3) is 0 Å². The molecule has 0 aliphatic carbocycles. The van der Waals surface area contributed by atoms with Gasteiger partial charge in [-0.3, -0.25) is 10.2 Å². The molecule has 1 saturated heterocycles. The van der Waals surface area contributed by atoms with E-state index in [-0.39, 0.29) is 12.0 Å². The minimum Gasteiger partial charge on any atom is -0.393 e. The molecule has 0 aromatic heterocycles. The third-order valence-corrected chi connectivity index (χ3v) is 5.03. The van der Waals surface area contributed by atoms with Gasteiger partial charge in [0.25, 0.3) is 0 Å². The van der Waals surface area contributed by atoms with Gasteiger partial charge in [0.1, 0.15) is 0 Å². The zero-order chi connectivity index (χ0) is 19.6. The van der Waals surface area contributed by atoms with E-state index in [1.165, 1.54) is 38.5 Å². The molecule has 1 atom stereocenters. The molecule has 0 aromatic carbocycles. The van der Waals surface area contributed by atoms with Crippen LogP contribution in [-0.4, -0.2) is 48.4 Å². The third-order valence-electron chi connectivity index (χ3n) is 5.03. The lowest BCUT2D eigenvalue weighted by atomic mass is 10.1. The first-order valence-corrected chi connectivity index (χ1v) is 11.2. The van der Waals surface area contributed by atoms with Crippen molar-refractivity contribution in [3.8, 4) is 0 Å². The second-order valence-electron chi connectivity index (χ2n) is 7.65. The smallest absolute Gasteiger partial charge is 0.234 e. The number of hydrogen-bond acceptors (Lipinski definition) is 4. The van der Waals surface area contributed by atoms with E-state index in [2.05, 4.69) is 24.5 Å². The molecule has 0 bridgehead atoms. The van der Waals surface area contributed by atoms with Crippen LogP contribution in [0.2, 0.25) is 0 Å². The number of unbranched alkanes of at least 4 members (excludes halogenated alkanes) is 8. The van der Waals surface area contributed by atoms with E-state index in [1.807, 2.05) is 5.01 Å². The normalized spacial score (nSPS) is 16.7. The van der Waals surface area contributed by atoms with Crippen LogP contribution in [0.15, 0.2) is 12.2 Å². The van der Waals surface area contributed by atoms with Gasteiger partial charge in [0.2, 0.25) is 5.91 Å². The lowest BCUT2D eigenvalue weighted by Gasteiger charge is -2.26. The van der Waals surface area contributed by atoms with Crippen molar-refractivity contribution < 1.29 is 14.6 Å². The Morgan fingerprint density at radius 3 is 2.52 bits per heavy atom. The monoisotopic (exact) mass is 382 g/mol. The third kappa shape index (κ3) is 14.8. The molecular formula is C22H42N2O3. The van der Waals surface area contributed by atoms with Gasteiger partial charge < -0.3 is 9.84 Å². The van der Waals surface area contributed by atoms with E-state index < -0.39 is 0 Å². The van der Waals surface area contributed by atoms with E-state index in [1.54, 1.807) is 0 Å². The van der Waals surface area contributed by atoms with Crippen molar-refractivity contribution in [3.05, 3.63) is 12.2 Å². The predicted molar refractivity (Wildman–Crippen MR) is 111 cm³/mol. The number of nitrogens with one attached hydrogen (secondary N) is 1. The molecule has 5 nitrogen and oxygen atoms in total. The van der Waals surface area contributed by atoms with E-state index in [0.717, 1.165) is 51.6 Å². The van der Waals surface area contributed by atoms with Gasteiger partial charge in [-0.1, -0.05) is 64.0 Å². The highest BCUT2D eigenvalue weighted by molar-refractivity contribution is 5.75. The van der Waals surface area contributed by atoms with E-state index >= 15 is 0 Å². The number of carbonyl (C=O) groups excluding carboxylic acids is 1. The summed E-state index contributed by atoms with van der Waals surface area (Å²) in [5.74, 6) is 0.132. The van der Waals surface area contributed by atoms with E-state index in [4.69, 9.17) is 4.74 Å². The zero-order valence-corrected chi connectivity index (χ0v) is 17.5. The van der Waals surface area contributed by atoms with Crippen LogP contribution in [0.3, 0.4) is 0 Å². The number of morpholine rings is 1. The van der Waals surface area contributed by atoms with Crippen molar-refractivity contribution in [1.82, 2.24) is 10.4 Å². The van der Waals surface area contributed by atoms with Crippen LogP contribution in [0.5, 0.6) is 0 Å². The second kappa shape index (κ2) is 17.2. The summed E-state index contributed by atoms with van der Waals surface area (Å²) in [5.41, 5.74) is 2.96. The number of amides is 1. The SMILES string of the molecule is CCCCCC[C@@H](O)C/C=C\CCCCCCCC(=O)NN1CCOCC1. The number of allylic oxidation sites excluding steroid dienone is 1. The maximum atomic E-state index is 11.8. The van der Waals surface area contributed by atoms with Crippen LogP contribution < -0.4 is 5.43 Å². The predicted octanol–water partition coefficient (Wildman–Crippen LogP) is 4.36. The number of ether oxygens (including phenoxy) is 1. The summed E-state index contributed by atoms with van der Waals surface area (Å²) in [7, 11) is 0. The van der Waals surface area contributed by atoms with Crippen molar-refractivity contribution in [2.45, 2.75) is 96.5 Å². The lowest BCUT2D eigenvalue weighted by molar-refractivity contribution is -0.128. The first-order valence-electron chi connectivity index (χ1n) is 11.2. The quantitative estimate of drug-likeness (QED) is 0.308. The molecule has 2 N–H and O–H groups in total. The summed E-state index contributed by atoms with van der Waals surface area (Å²) in [4.78, 5) is 11.8. The van der Waals surface area contributed by atoms with Crippen LogP contribution in [0.4, 0.5) is 0 Å². The number of rotatable bonds is 16. The molecule has 1 aliphatic heterocycles. The van der Waals surface area contributed by atoms with E-state index in [9.17, 15) is 9.90 Å². The molecule has 27 heavy (non-hydrogen) atoms. The molecule has 1 fully saturated rings. The Kier molecular flexibility index (Phi) is 15.4. The molecule has 158 valence electrons. The molecular weight excluding hydrogens is 340 g/mol. The summed E-state index contributed by atoms with van der Waals surface area (Å²) >= 11 is 0. The Labute approximate surface area is 166 Å². The number of hydrazine groups is 1.